The van der Waals surface area contributed by atoms with Crippen LogP contribution < -0.4 is 30.4 Å². The minimum absolute atomic E-state index is 0.207. The molecule has 1 unspecified atom stereocenters. The number of ether oxygens (including phenoxy) is 3. The maximum Gasteiger partial charge on any atom is 0.256 e. The Labute approximate surface area is 175 Å². The quantitative estimate of drug-likeness (QED) is 0.193. The van der Waals surface area contributed by atoms with Gasteiger partial charge in [-0.2, -0.15) is 0 Å². The highest BCUT2D eigenvalue weighted by molar-refractivity contribution is 7.90. The Morgan fingerprint density at radius 3 is 2.30 bits per heavy atom. The summed E-state index contributed by atoms with van der Waals surface area (Å²) < 4.78 is 43.4. The standard InChI is InChI=1S/C18H25N5O6S/c1-5-30(25,26)23-18(20-16-13(27-2)9-7-10-14(16)28-3)22-21-17(24)12-8-6-11-15(19-12)29-4/h6-11,17,21,24H,5H2,1-4H3,(H2,20,22,23). The van der Waals surface area contributed by atoms with Gasteiger partial charge in [-0.3, -0.25) is 5.43 Å². The number of guanidine groups is 1. The van der Waals surface area contributed by atoms with Crippen molar-refractivity contribution in [2.75, 3.05) is 32.4 Å². The summed E-state index contributed by atoms with van der Waals surface area (Å²) in [4.78, 5) is 4.11. The van der Waals surface area contributed by atoms with Crippen LogP contribution in [-0.4, -0.2) is 51.6 Å². The van der Waals surface area contributed by atoms with Crippen LogP contribution in [-0.2, 0) is 10.0 Å². The Morgan fingerprint density at radius 1 is 1.10 bits per heavy atom. The van der Waals surface area contributed by atoms with E-state index in [-0.39, 0.29) is 17.4 Å². The second-order valence-corrected chi connectivity index (χ2v) is 7.67. The molecule has 2 rings (SSSR count). The molecule has 0 saturated heterocycles. The first-order valence-electron chi connectivity index (χ1n) is 8.84. The number of rotatable bonds is 9. The van der Waals surface area contributed by atoms with Crippen molar-refractivity contribution in [2.45, 2.75) is 13.2 Å². The maximum atomic E-state index is 12.1. The van der Waals surface area contributed by atoms with E-state index in [1.54, 1.807) is 36.4 Å². The Balaban J connectivity index is 2.29. The molecule has 1 aromatic carbocycles. The summed E-state index contributed by atoms with van der Waals surface area (Å²) in [5.74, 6) is 0.679. The van der Waals surface area contributed by atoms with Crippen molar-refractivity contribution in [1.29, 1.82) is 0 Å². The van der Waals surface area contributed by atoms with Gasteiger partial charge in [-0.25, -0.2) is 18.8 Å². The Bertz CT molecular complexity index is 961. The highest BCUT2D eigenvalue weighted by Crippen LogP contribution is 2.34. The lowest BCUT2D eigenvalue weighted by Gasteiger charge is -2.19. The molecule has 12 heteroatoms. The monoisotopic (exact) mass is 439 g/mol. The number of hydrogen-bond acceptors (Lipinski definition) is 8. The number of pyridine rings is 1. The van der Waals surface area contributed by atoms with Gasteiger partial charge in [-0.1, -0.05) is 12.1 Å². The van der Waals surface area contributed by atoms with Gasteiger partial charge in [-0.05, 0) is 25.1 Å². The molecule has 30 heavy (non-hydrogen) atoms. The van der Waals surface area contributed by atoms with Crippen molar-refractivity contribution in [2.24, 2.45) is 4.40 Å². The van der Waals surface area contributed by atoms with Crippen LogP contribution in [0.3, 0.4) is 0 Å². The Morgan fingerprint density at radius 2 is 1.73 bits per heavy atom. The molecule has 0 aliphatic carbocycles. The van der Waals surface area contributed by atoms with Gasteiger partial charge in [0.15, 0.2) is 6.23 Å². The van der Waals surface area contributed by atoms with Crippen molar-refractivity contribution < 1.29 is 27.7 Å². The highest BCUT2D eigenvalue weighted by Gasteiger charge is 2.17. The molecule has 0 saturated carbocycles. The molecule has 11 nitrogen and oxygen atoms in total. The number of anilines is 1. The number of aliphatic hydroxyl groups excluding tert-OH is 1. The normalized spacial score (nSPS) is 12.8. The molecule has 1 aromatic heterocycles. The van der Waals surface area contributed by atoms with Gasteiger partial charge in [-0.15, -0.1) is 4.40 Å². The van der Waals surface area contributed by atoms with Crippen molar-refractivity contribution in [3.05, 3.63) is 42.1 Å². The number of para-hydroxylation sites is 1. The summed E-state index contributed by atoms with van der Waals surface area (Å²) in [5.41, 5.74) is 5.69. The SMILES string of the molecule is CCS(=O)(=O)N=C(NNC(O)c1cccc(OC)n1)Nc1c(OC)cccc1OC. The number of benzene rings is 1. The van der Waals surface area contributed by atoms with E-state index in [9.17, 15) is 13.5 Å². The van der Waals surface area contributed by atoms with Crippen molar-refractivity contribution in [3.63, 3.8) is 0 Å². The number of methoxy groups -OCH3 is 3. The van der Waals surface area contributed by atoms with E-state index < -0.39 is 16.3 Å². The molecule has 0 fully saturated rings. The van der Waals surface area contributed by atoms with Gasteiger partial charge in [0.05, 0.1) is 32.8 Å². The zero-order valence-electron chi connectivity index (χ0n) is 17.0. The van der Waals surface area contributed by atoms with E-state index in [0.29, 0.717) is 23.1 Å². The molecule has 1 heterocycles. The van der Waals surface area contributed by atoms with Crippen molar-refractivity contribution >= 4 is 21.7 Å². The lowest BCUT2D eigenvalue weighted by molar-refractivity contribution is 0.125. The zero-order chi connectivity index (χ0) is 22.1. The number of sulfonamides is 1. The van der Waals surface area contributed by atoms with E-state index in [1.807, 2.05) is 0 Å². The van der Waals surface area contributed by atoms with Gasteiger partial charge in [0.25, 0.3) is 10.0 Å². The number of nitrogens with zero attached hydrogens (tertiary/aromatic N) is 2. The summed E-state index contributed by atoms with van der Waals surface area (Å²) >= 11 is 0. The van der Waals surface area contributed by atoms with Crippen LogP contribution in [0.25, 0.3) is 0 Å². The van der Waals surface area contributed by atoms with Crippen molar-refractivity contribution in [1.82, 2.24) is 15.8 Å². The van der Waals surface area contributed by atoms with E-state index in [4.69, 9.17) is 14.2 Å². The third-order valence-corrected chi connectivity index (χ3v) is 5.02. The van der Waals surface area contributed by atoms with Crippen LogP contribution in [0.1, 0.15) is 18.8 Å². The molecule has 1 atom stereocenters. The van der Waals surface area contributed by atoms with Crippen LogP contribution >= 0.6 is 0 Å². The fraction of sp³-hybridized carbons (Fsp3) is 0.333. The molecule has 0 aliphatic rings. The molecular weight excluding hydrogens is 414 g/mol. The first kappa shape index (κ1) is 23.2. The number of aliphatic hydroxyl groups is 1. The smallest absolute Gasteiger partial charge is 0.256 e. The predicted octanol–water partition coefficient (Wildman–Crippen LogP) is 1.01. The van der Waals surface area contributed by atoms with Gasteiger partial charge in [0, 0.05) is 6.07 Å². The van der Waals surface area contributed by atoms with Crippen LogP contribution in [0.15, 0.2) is 40.8 Å². The first-order valence-corrected chi connectivity index (χ1v) is 10.5. The topological polar surface area (TPSA) is 143 Å². The first-order chi connectivity index (χ1) is 14.3. The van der Waals surface area contributed by atoms with E-state index >= 15 is 0 Å². The van der Waals surface area contributed by atoms with E-state index in [1.165, 1.54) is 28.3 Å². The molecule has 0 aliphatic heterocycles. The third-order valence-electron chi connectivity index (χ3n) is 3.83. The lowest BCUT2D eigenvalue weighted by atomic mass is 10.2. The number of nitrogens with one attached hydrogen (secondary N) is 3. The zero-order valence-corrected chi connectivity index (χ0v) is 17.9. The van der Waals surface area contributed by atoms with Gasteiger partial charge in [0.2, 0.25) is 11.8 Å². The molecule has 0 amide bonds. The van der Waals surface area contributed by atoms with Gasteiger partial charge in [0.1, 0.15) is 17.2 Å². The summed E-state index contributed by atoms with van der Waals surface area (Å²) in [6, 6.07) is 9.89. The van der Waals surface area contributed by atoms with Gasteiger partial charge < -0.3 is 24.6 Å². The fourth-order valence-electron chi connectivity index (χ4n) is 2.28. The largest absolute Gasteiger partial charge is 0.494 e. The summed E-state index contributed by atoms with van der Waals surface area (Å²) in [6.45, 7) is 1.46. The minimum Gasteiger partial charge on any atom is -0.494 e. The molecule has 2 aromatic rings. The molecule has 0 spiro atoms. The van der Waals surface area contributed by atoms with Crippen molar-refractivity contribution in [3.8, 4) is 17.4 Å². The Kier molecular flexibility index (Phi) is 8.21. The number of hydrogen-bond donors (Lipinski definition) is 4. The average Bonchev–Trinajstić information content (AvgIpc) is 2.77. The Hall–Kier alpha value is -3.09. The number of hydrazine groups is 1. The lowest BCUT2D eigenvalue weighted by Crippen LogP contribution is -2.44. The van der Waals surface area contributed by atoms with Crippen LogP contribution in [0.4, 0.5) is 5.69 Å². The third kappa shape index (κ3) is 6.20. The van der Waals surface area contributed by atoms with Gasteiger partial charge >= 0.3 is 0 Å². The minimum atomic E-state index is -3.78. The van der Waals surface area contributed by atoms with E-state index in [2.05, 4.69) is 25.6 Å². The average molecular weight is 439 g/mol. The molecule has 0 bridgehead atoms. The second kappa shape index (κ2) is 10.6. The second-order valence-electron chi connectivity index (χ2n) is 5.75. The molecule has 4 N–H and O–H groups in total. The predicted molar refractivity (Wildman–Crippen MR) is 112 cm³/mol. The molecule has 164 valence electrons. The van der Waals surface area contributed by atoms with Crippen LogP contribution in [0.5, 0.6) is 17.4 Å². The number of aromatic nitrogens is 1. The summed E-state index contributed by atoms with van der Waals surface area (Å²) in [5, 5.41) is 13.2. The summed E-state index contributed by atoms with van der Waals surface area (Å²) in [6.07, 6.45) is -1.30. The van der Waals surface area contributed by atoms with Crippen LogP contribution in [0.2, 0.25) is 0 Å². The highest BCUT2D eigenvalue weighted by atomic mass is 32.2. The molecule has 0 radical (unpaired) electrons. The molecular formula is C18H25N5O6S. The summed E-state index contributed by atoms with van der Waals surface area (Å²) in [7, 11) is 0.600. The maximum absolute atomic E-state index is 12.1. The fourth-order valence-corrected chi connectivity index (χ4v) is 2.78. The van der Waals surface area contributed by atoms with E-state index in [0.717, 1.165) is 0 Å². The van der Waals surface area contributed by atoms with Crippen LogP contribution in [0, 0.1) is 0 Å².